The van der Waals surface area contributed by atoms with E-state index in [0.29, 0.717) is 5.56 Å². The maximum absolute atomic E-state index is 13.5. The molecule has 0 spiro atoms. The van der Waals surface area contributed by atoms with Crippen LogP contribution in [0.5, 0.6) is 0 Å². The molecule has 1 rings (SSSR count). The number of halogens is 4. The van der Waals surface area contributed by atoms with Crippen LogP contribution in [0.4, 0.5) is 28.0 Å². The van der Waals surface area contributed by atoms with E-state index in [-0.39, 0.29) is 12.2 Å². The maximum atomic E-state index is 13.5. The molecule has 0 saturated heterocycles. The van der Waals surface area contributed by atoms with Gasteiger partial charge < -0.3 is 16.4 Å². The SMILES string of the molecule is NCC#Cc1ccc(NC(=O)NCC(F)(F)F)c(F)c1. The standard InChI is InChI=1S/C12H11F4N3O/c13-9-6-8(2-1-5-17)3-4-10(9)19-11(20)18-7-12(14,15)16/h3-4,6H,5,7,17H2,(H2,18,19,20). The Bertz CT molecular complexity index is 546. The van der Waals surface area contributed by atoms with Crippen molar-refractivity contribution < 1.29 is 22.4 Å². The highest BCUT2D eigenvalue weighted by molar-refractivity contribution is 5.89. The second-order valence-corrected chi connectivity index (χ2v) is 3.62. The zero-order valence-corrected chi connectivity index (χ0v) is 10.1. The summed E-state index contributed by atoms with van der Waals surface area (Å²) in [6.45, 7) is -1.39. The number of carbonyl (C=O) groups is 1. The van der Waals surface area contributed by atoms with E-state index in [1.165, 1.54) is 12.1 Å². The quantitative estimate of drug-likeness (QED) is 0.574. The number of hydrogen-bond acceptors (Lipinski definition) is 2. The van der Waals surface area contributed by atoms with E-state index in [2.05, 4.69) is 11.8 Å². The molecule has 4 N–H and O–H groups in total. The third-order valence-electron chi connectivity index (χ3n) is 2.00. The van der Waals surface area contributed by atoms with Gasteiger partial charge in [-0.25, -0.2) is 9.18 Å². The van der Waals surface area contributed by atoms with Gasteiger partial charge in [0.05, 0.1) is 12.2 Å². The van der Waals surface area contributed by atoms with Crippen molar-refractivity contribution in [2.75, 3.05) is 18.4 Å². The van der Waals surface area contributed by atoms with Crippen molar-refractivity contribution in [1.29, 1.82) is 0 Å². The van der Waals surface area contributed by atoms with E-state index in [1.807, 2.05) is 5.32 Å². The zero-order valence-electron chi connectivity index (χ0n) is 10.1. The molecule has 0 bridgehead atoms. The molecular weight excluding hydrogens is 278 g/mol. The number of benzene rings is 1. The Labute approximate surface area is 112 Å². The van der Waals surface area contributed by atoms with Crippen LogP contribution in [0.2, 0.25) is 0 Å². The summed E-state index contributed by atoms with van der Waals surface area (Å²) in [5.41, 5.74) is 5.25. The van der Waals surface area contributed by atoms with Crippen LogP contribution in [0.15, 0.2) is 18.2 Å². The Morgan fingerprint density at radius 3 is 2.60 bits per heavy atom. The molecular formula is C12H11F4N3O. The first-order valence-electron chi connectivity index (χ1n) is 5.42. The first-order chi connectivity index (χ1) is 9.31. The molecule has 1 aromatic carbocycles. The molecule has 8 heteroatoms. The lowest BCUT2D eigenvalue weighted by atomic mass is 10.2. The fourth-order valence-electron chi connectivity index (χ4n) is 1.19. The average molecular weight is 289 g/mol. The topological polar surface area (TPSA) is 67.1 Å². The summed E-state index contributed by atoms with van der Waals surface area (Å²) >= 11 is 0. The number of alkyl halides is 3. The second kappa shape index (κ2) is 6.77. The molecule has 0 aromatic heterocycles. The highest BCUT2D eigenvalue weighted by Gasteiger charge is 2.27. The van der Waals surface area contributed by atoms with Crippen molar-refractivity contribution in [3.05, 3.63) is 29.6 Å². The highest BCUT2D eigenvalue weighted by Crippen LogP contribution is 2.16. The minimum absolute atomic E-state index is 0.113. The molecule has 20 heavy (non-hydrogen) atoms. The molecule has 1 aromatic rings. The van der Waals surface area contributed by atoms with E-state index in [9.17, 15) is 22.4 Å². The lowest BCUT2D eigenvalue weighted by Crippen LogP contribution is -2.36. The van der Waals surface area contributed by atoms with Crippen molar-refractivity contribution in [3.63, 3.8) is 0 Å². The first-order valence-corrected chi connectivity index (χ1v) is 5.42. The number of rotatable bonds is 2. The molecule has 4 nitrogen and oxygen atoms in total. The van der Waals surface area contributed by atoms with E-state index in [4.69, 9.17) is 5.73 Å². The minimum atomic E-state index is -4.53. The summed E-state index contributed by atoms with van der Waals surface area (Å²) in [5, 5.41) is 3.53. The number of hydrogen-bond donors (Lipinski definition) is 3. The van der Waals surface area contributed by atoms with Gasteiger partial charge in [0, 0.05) is 5.56 Å². The Balaban J connectivity index is 2.67. The second-order valence-electron chi connectivity index (χ2n) is 3.62. The molecule has 108 valence electrons. The smallest absolute Gasteiger partial charge is 0.329 e. The van der Waals surface area contributed by atoms with Crippen LogP contribution in [-0.4, -0.2) is 25.3 Å². The van der Waals surface area contributed by atoms with Gasteiger partial charge in [-0.1, -0.05) is 11.8 Å². The van der Waals surface area contributed by atoms with Gasteiger partial charge in [-0.15, -0.1) is 0 Å². The number of anilines is 1. The summed E-state index contributed by atoms with van der Waals surface area (Å²) in [7, 11) is 0. The molecule has 2 amide bonds. The fraction of sp³-hybridized carbons (Fsp3) is 0.250. The molecule has 0 aliphatic rings. The maximum Gasteiger partial charge on any atom is 0.405 e. The molecule has 0 fully saturated rings. The van der Waals surface area contributed by atoms with Crippen LogP contribution in [0, 0.1) is 17.7 Å². The van der Waals surface area contributed by atoms with Crippen molar-refractivity contribution in [3.8, 4) is 11.8 Å². The fourth-order valence-corrected chi connectivity index (χ4v) is 1.19. The summed E-state index contributed by atoms with van der Waals surface area (Å²) in [6, 6.07) is 2.50. The molecule has 0 aliphatic carbocycles. The molecule has 0 unspecified atom stereocenters. The van der Waals surface area contributed by atoms with Crippen LogP contribution >= 0.6 is 0 Å². The number of urea groups is 1. The average Bonchev–Trinajstić information content (AvgIpc) is 2.36. The molecule has 0 saturated carbocycles. The Kier molecular flexibility index (Phi) is 5.34. The third kappa shape index (κ3) is 5.58. The predicted molar refractivity (Wildman–Crippen MR) is 65.4 cm³/mol. The molecule has 0 heterocycles. The Morgan fingerprint density at radius 2 is 2.05 bits per heavy atom. The number of nitrogens with one attached hydrogen (secondary N) is 2. The lowest BCUT2D eigenvalue weighted by molar-refractivity contribution is -0.122. The van der Waals surface area contributed by atoms with Gasteiger partial charge in [0.1, 0.15) is 12.4 Å². The summed E-state index contributed by atoms with van der Waals surface area (Å²) in [6.07, 6.45) is -4.53. The van der Waals surface area contributed by atoms with Gasteiger partial charge in [0.15, 0.2) is 0 Å². The Morgan fingerprint density at radius 1 is 1.35 bits per heavy atom. The van der Waals surface area contributed by atoms with Gasteiger partial charge in [-0.05, 0) is 18.2 Å². The van der Waals surface area contributed by atoms with Gasteiger partial charge in [-0.2, -0.15) is 13.2 Å². The first kappa shape index (κ1) is 15.8. The molecule has 0 aliphatic heterocycles. The number of carbonyl (C=O) groups excluding carboxylic acids is 1. The minimum Gasteiger partial charge on any atom is -0.329 e. The summed E-state index contributed by atoms with van der Waals surface area (Å²) in [4.78, 5) is 11.1. The normalized spacial score (nSPS) is 10.4. The van der Waals surface area contributed by atoms with E-state index in [1.54, 1.807) is 5.32 Å². The van der Waals surface area contributed by atoms with Crippen LogP contribution < -0.4 is 16.4 Å². The van der Waals surface area contributed by atoms with Crippen LogP contribution in [0.25, 0.3) is 0 Å². The molecule has 0 atom stereocenters. The van der Waals surface area contributed by atoms with E-state index >= 15 is 0 Å². The van der Waals surface area contributed by atoms with Gasteiger partial charge in [-0.3, -0.25) is 0 Å². The summed E-state index contributed by atoms with van der Waals surface area (Å²) in [5.74, 6) is 4.28. The number of nitrogens with two attached hydrogens (primary N) is 1. The monoisotopic (exact) mass is 289 g/mol. The van der Waals surface area contributed by atoms with Crippen LogP contribution in [0.3, 0.4) is 0 Å². The Hall–Kier alpha value is -2.27. The van der Waals surface area contributed by atoms with E-state index in [0.717, 1.165) is 6.07 Å². The van der Waals surface area contributed by atoms with Crippen LogP contribution in [-0.2, 0) is 0 Å². The van der Waals surface area contributed by atoms with Gasteiger partial charge >= 0.3 is 12.2 Å². The molecule has 0 radical (unpaired) electrons. The summed E-state index contributed by atoms with van der Waals surface area (Å²) < 4.78 is 49.1. The lowest BCUT2D eigenvalue weighted by Gasteiger charge is -2.10. The van der Waals surface area contributed by atoms with Crippen molar-refractivity contribution in [2.24, 2.45) is 5.73 Å². The van der Waals surface area contributed by atoms with Crippen molar-refractivity contribution in [1.82, 2.24) is 5.32 Å². The predicted octanol–water partition coefficient (Wildman–Crippen LogP) is 1.82. The van der Waals surface area contributed by atoms with Crippen molar-refractivity contribution in [2.45, 2.75) is 6.18 Å². The number of amides is 2. The van der Waals surface area contributed by atoms with Gasteiger partial charge in [0.2, 0.25) is 0 Å². The highest BCUT2D eigenvalue weighted by atomic mass is 19.4. The zero-order chi connectivity index (χ0) is 15.2. The van der Waals surface area contributed by atoms with Crippen LogP contribution in [0.1, 0.15) is 5.56 Å². The van der Waals surface area contributed by atoms with Gasteiger partial charge in [0.25, 0.3) is 0 Å². The third-order valence-corrected chi connectivity index (χ3v) is 2.00. The van der Waals surface area contributed by atoms with E-state index < -0.39 is 24.6 Å². The largest absolute Gasteiger partial charge is 0.405 e. The van der Waals surface area contributed by atoms with Crippen molar-refractivity contribution >= 4 is 11.7 Å².